The maximum absolute atomic E-state index is 13.2. The summed E-state index contributed by atoms with van der Waals surface area (Å²) in [6.07, 6.45) is 2.68. The van der Waals surface area contributed by atoms with Gasteiger partial charge in [0, 0.05) is 12.1 Å². The molecule has 1 fully saturated rings. The number of hydrogen-bond donors (Lipinski definition) is 3. The minimum absolute atomic E-state index is 0.147. The Labute approximate surface area is 167 Å². The lowest BCUT2D eigenvalue weighted by Gasteiger charge is -2.34. The zero-order valence-electron chi connectivity index (χ0n) is 16.0. The van der Waals surface area contributed by atoms with Crippen LogP contribution in [0.15, 0.2) is 36.4 Å². The van der Waals surface area contributed by atoms with Crippen molar-refractivity contribution >= 4 is 11.8 Å². The van der Waals surface area contributed by atoms with Crippen molar-refractivity contribution in [3.63, 3.8) is 0 Å². The van der Waals surface area contributed by atoms with E-state index in [1.807, 2.05) is 24.3 Å². The molecule has 9 heteroatoms. The number of primary amides is 1. The van der Waals surface area contributed by atoms with Crippen molar-refractivity contribution in [1.29, 1.82) is 0 Å². The van der Waals surface area contributed by atoms with Crippen molar-refractivity contribution < 1.29 is 14.3 Å². The first kappa shape index (κ1) is 18.7. The van der Waals surface area contributed by atoms with Crippen molar-refractivity contribution in [2.75, 3.05) is 13.7 Å². The van der Waals surface area contributed by atoms with Crippen molar-refractivity contribution in [3.8, 4) is 17.0 Å². The van der Waals surface area contributed by atoms with E-state index in [4.69, 9.17) is 10.5 Å². The number of H-pyrrole nitrogens is 2. The van der Waals surface area contributed by atoms with Crippen LogP contribution in [-0.4, -0.2) is 50.8 Å². The van der Waals surface area contributed by atoms with Crippen LogP contribution in [-0.2, 0) is 0 Å². The molecule has 29 heavy (non-hydrogen) atoms. The van der Waals surface area contributed by atoms with Gasteiger partial charge in [-0.25, -0.2) is 0 Å². The normalized spacial score (nSPS) is 16.6. The van der Waals surface area contributed by atoms with Crippen LogP contribution in [0.5, 0.6) is 5.75 Å². The summed E-state index contributed by atoms with van der Waals surface area (Å²) in [7, 11) is 1.61. The van der Waals surface area contributed by atoms with Crippen molar-refractivity contribution in [2.24, 2.45) is 5.73 Å². The lowest BCUT2D eigenvalue weighted by molar-refractivity contribution is 0.0600. The lowest BCUT2D eigenvalue weighted by Crippen LogP contribution is -2.38. The number of carbonyl (C=O) groups excluding carboxylic acids is 2. The van der Waals surface area contributed by atoms with Crippen LogP contribution in [0.4, 0.5) is 0 Å². The molecule has 0 saturated carbocycles. The van der Waals surface area contributed by atoms with Gasteiger partial charge in [-0.05, 0) is 43.5 Å². The first-order valence-corrected chi connectivity index (χ1v) is 9.42. The summed E-state index contributed by atoms with van der Waals surface area (Å²) in [5.74, 6) is -0.0248. The van der Waals surface area contributed by atoms with E-state index in [2.05, 4.69) is 20.4 Å². The highest BCUT2D eigenvalue weighted by Gasteiger charge is 2.31. The highest BCUT2D eigenvalue weighted by molar-refractivity contribution is 5.94. The molecular weight excluding hydrogens is 372 g/mol. The Morgan fingerprint density at radius 1 is 1.17 bits per heavy atom. The molecule has 4 rings (SSSR count). The number of amides is 2. The molecule has 1 aliphatic heterocycles. The van der Waals surface area contributed by atoms with Gasteiger partial charge in [0.1, 0.15) is 17.1 Å². The summed E-state index contributed by atoms with van der Waals surface area (Å²) in [4.78, 5) is 26.3. The Balaban J connectivity index is 1.58. The summed E-state index contributed by atoms with van der Waals surface area (Å²) < 4.78 is 5.25. The second kappa shape index (κ2) is 7.78. The number of nitrogens with two attached hydrogens (primary N) is 1. The molecule has 2 amide bonds. The molecular formula is C20H22N6O3. The van der Waals surface area contributed by atoms with E-state index in [0.29, 0.717) is 23.6 Å². The van der Waals surface area contributed by atoms with Gasteiger partial charge in [-0.3, -0.25) is 19.8 Å². The Bertz CT molecular complexity index is 1040. The van der Waals surface area contributed by atoms with Crippen molar-refractivity contribution in [2.45, 2.75) is 25.3 Å². The maximum Gasteiger partial charge on any atom is 0.272 e. The third kappa shape index (κ3) is 3.71. The van der Waals surface area contributed by atoms with E-state index >= 15 is 0 Å². The maximum atomic E-state index is 13.2. The lowest BCUT2D eigenvalue weighted by atomic mass is 9.98. The summed E-state index contributed by atoms with van der Waals surface area (Å²) in [6, 6.07) is 10.7. The summed E-state index contributed by atoms with van der Waals surface area (Å²) >= 11 is 0. The van der Waals surface area contributed by atoms with Crippen LogP contribution in [0.2, 0.25) is 0 Å². The molecule has 3 aromatic rings. The standard InChI is InChI=1S/C20H22N6O3/c1-29-13-6-4-5-12(9-13)14-10-17(25-22-14)20(28)26-8-3-2-7-18(26)15-11-16(19(21)27)24-23-15/h4-6,9-11,18H,2-3,7-8H2,1H3,(H2,21,27)(H,22,25)(H,23,24)/t18-/m1/s1. The summed E-state index contributed by atoms with van der Waals surface area (Å²) in [6.45, 7) is 0.613. The number of nitrogens with one attached hydrogen (secondary N) is 2. The SMILES string of the molecule is COc1cccc(-c2cc(C(=O)N3CCCC[C@@H]3c3cc(C(N)=O)n[nH]3)[nH]n2)c1. The smallest absolute Gasteiger partial charge is 0.272 e. The van der Waals surface area contributed by atoms with E-state index in [9.17, 15) is 9.59 Å². The number of carbonyl (C=O) groups is 2. The largest absolute Gasteiger partial charge is 0.497 e. The number of likely N-dealkylation sites (tertiary alicyclic amines) is 1. The molecule has 1 aliphatic rings. The summed E-state index contributed by atoms with van der Waals surface area (Å²) in [5, 5.41) is 13.9. The fourth-order valence-electron chi connectivity index (χ4n) is 3.65. The average Bonchev–Trinajstić information content (AvgIpc) is 3.43. The van der Waals surface area contributed by atoms with Gasteiger partial charge in [-0.2, -0.15) is 10.2 Å². The molecule has 4 N–H and O–H groups in total. The average molecular weight is 394 g/mol. The molecule has 9 nitrogen and oxygen atoms in total. The Hall–Kier alpha value is -3.62. The van der Waals surface area contributed by atoms with Crippen LogP contribution in [0.25, 0.3) is 11.3 Å². The van der Waals surface area contributed by atoms with Crippen LogP contribution < -0.4 is 10.5 Å². The Morgan fingerprint density at radius 3 is 2.79 bits per heavy atom. The third-order valence-electron chi connectivity index (χ3n) is 5.15. The van der Waals surface area contributed by atoms with Crippen LogP contribution in [0, 0.1) is 0 Å². The van der Waals surface area contributed by atoms with Crippen LogP contribution in [0.1, 0.15) is 52.0 Å². The number of aromatic amines is 2. The zero-order chi connectivity index (χ0) is 20.4. The predicted octanol–water partition coefficient (Wildman–Crippen LogP) is 2.27. The molecule has 2 aromatic heterocycles. The van der Waals surface area contributed by atoms with Crippen molar-refractivity contribution in [3.05, 3.63) is 53.5 Å². The fourth-order valence-corrected chi connectivity index (χ4v) is 3.65. The molecule has 1 saturated heterocycles. The van der Waals surface area contributed by atoms with Crippen LogP contribution in [0.3, 0.4) is 0 Å². The molecule has 3 heterocycles. The molecule has 0 radical (unpaired) electrons. The minimum Gasteiger partial charge on any atom is -0.497 e. The number of methoxy groups -OCH3 is 1. The number of aromatic nitrogens is 4. The number of hydrogen-bond acceptors (Lipinski definition) is 5. The van der Waals surface area contributed by atoms with Gasteiger partial charge in [0.15, 0.2) is 0 Å². The van der Waals surface area contributed by atoms with Gasteiger partial charge in [-0.15, -0.1) is 0 Å². The molecule has 0 spiro atoms. The van der Waals surface area contributed by atoms with Crippen molar-refractivity contribution in [1.82, 2.24) is 25.3 Å². The molecule has 1 atom stereocenters. The number of rotatable bonds is 5. The molecule has 1 aromatic carbocycles. The molecule has 0 aliphatic carbocycles. The second-order valence-corrected chi connectivity index (χ2v) is 6.98. The minimum atomic E-state index is -0.599. The number of piperidine rings is 1. The number of benzene rings is 1. The van der Waals surface area contributed by atoms with E-state index in [0.717, 1.165) is 30.6 Å². The first-order chi connectivity index (χ1) is 14.1. The van der Waals surface area contributed by atoms with Gasteiger partial charge in [0.2, 0.25) is 0 Å². The number of ether oxygens (including phenoxy) is 1. The van der Waals surface area contributed by atoms with Crippen LogP contribution >= 0.6 is 0 Å². The van der Waals surface area contributed by atoms with E-state index in [1.165, 1.54) is 0 Å². The zero-order valence-corrected chi connectivity index (χ0v) is 16.0. The molecule has 0 unspecified atom stereocenters. The van der Waals surface area contributed by atoms with Gasteiger partial charge in [0.05, 0.1) is 24.5 Å². The quantitative estimate of drug-likeness (QED) is 0.611. The Morgan fingerprint density at radius 2 is 2.03 bits per heavy atom. The Kier molecular flexibility index (Phi) is 5.03. The van der Waals surface area contributed by atoms with Gasteiger partial charge in [-0.1, -0.05) is 12.1 Å². The van der Waals surface area contributed by atoms with Gasteiger partial charge >= 0.3 is 0 Å². The topological polar surface area (TPSA) is 130 Å². The van der Waals surface area contributed by atoms with E-state index < -0.39 is 5.91 Å². The molecule has 150 valence electrons. The van der Waals surface area contributed by atoms with Gasteiger partial charge < -0.3 is 15.4 Å². The predicted molar refractivity (Wildman–Crippen MR) is 105 cm³/mol. The first-order valence-electron chi connectivity index (χ1n) is 9.42. The second-order valence-electron chi connectivity index (χ2n) is 6.98. The third-order valence-corrected chi connectivity index (χ3v) is 5.15. The fraction of sp³-hybridized carbons (Fsp3) is 0.300. The highest BCUT2D eigenvalue weighted by atomic mass is 16.5. The monoisotopic (exact) mass is 394 g/mol. The summed E-state index contributed by atoms with van der Waals surface area (Å²) in [5.41, 5.74) is 8.10. The highest BCUT2D eigenvalue weighted by Crippen LogP contribution is 2.32. The molecule has 0 bridgehead atoms. The van der Waals surface area contributed by atoms with Gasteiger partial charge in [0.25, 0.3) is 11.8 Å². The number of nitrogens with zero attached hydrogens (tertiary/aromatic N) is 3. The van der Waals surface area contributed by atoms with E-state index in [1.54, 1.807) is 24.1 Å². The van der Waals surface area contributed by atoms with E-state index in [-0.39, 0.29) is 17.6 Å².